The molecule has 2 fully saturated rings. The summed E-state index contributed by atoms with van der Waals surface area (Å²) in [5.74, 6) is 0.775. The molecular weight excluding hydrogens is 435 g/mol. The highest BCUT2D eigenvalue weighted by Crippen LogP contribution is 2.21. The second-order valence-corrected chi connectivity index (χ2v) is 8.74. The first kappa shape index (κ1) is 22.8. The van der Waals surface area contributed by atoms with Gasteiger partial charge in [-0.1, -0.05) is 17.7 Å². The van der Waals surface area contributed by atoms with Crippen molar-refractivity contribution in [1.82, 2.24) is 19.6 Å². The molecule has 2 aliphatic rings. The summed E-state index contributed by atoms with van der Waals surface area (Å²) in [7, 11) is 0. The smallest absolute Gasteiger partial charge is 0.289 e. The molecule has 172 valence electrons. The minimum atomic E-state index is -0.296. The summed E-state index contributed by atoms with van der Waals surface area (Å²) in [5.41, 5.74) is 0.506. The molecule has 0 N–H and O–H groups in total. The molecule has 0 unspecified atom stereocenters. The number of carbonyl (C=O) groups is 2. The molecule has 2 saturated heterocycles. The predicted molar refractivity (Wildman–Crippen MR) is 119 cm³/mol. The maximum atomic E-state index is 14.0. The molecule has 9 heteroatoms. The largest absolute Gasteiger partial charge is 0.456 e. The zero-order valence-electron chi connectivity index (χ0n) is 18.2. The number of piperazine rings is 2. The van der Waals surface area contributed by atoms with Crippen LogP contribution in [-0.4, -0.2) is 90.3 Å². The minimum absolute atomic E-state index is 0.0926. The lowest BCUT2D eigenvalue weighted by atomic mass is 10.2. The standard InChI is InChI=1S/C23H28ClFN4O3/c1-17-5-6-21(32-17)23(31)29-13-9-27(10-14-29)16-22(30)28-11-7-26(8-12-28)15-18-19(24)3-2-4-20(18)25/h2-6H,7-16H2,1H3. The average molecular weight is 463 g/mol. The van der Waals surface area contributed by atoms with Crippen LogP contribution in [0.4, 0.5) is 4.39 Å². The Balaban J connectivity index is 1.21. The predicted octanol–water partition coefficient (Wildman–Crippen LogP) is 2.48. The maximum Gasteiger partial charge on any atom is 0.289 e. The monoisotopic (exact) mass is 462 g/mol. The molecule has 7 nitrogen and oxygen atoms in total. The summed E-state index contributed by atoms with van der Waals surface area (Å²) in [6, 6.07) is 8.21. The lowest BCUT2D eigenvalue weighted by Crippen LogP contribution is -2.54. The number of nitrogens with zero attached hydrogens (tertiary/aromatic N) is 4. The lowest BCUT2D eigenvalue weighted by Gasteiger charge is -2.38. The molecule has 0 radical (unpaired) electrons. The van der Waals surface area contributed by atoms with Gasteiger partial charge in [-0.05, 0) is 31.2 Å². The van der Waals surface area contributed by atoms with Crippen molar-refractivity contribution in [3.63, 3.8) is 0 Å². The van der Waals surface area contributed by atoms with Gasteiger partial charge in [-0.2, -0.15) is 0 Å². The molecule has 32 heavy (non-hydrogen) atoms. The van der Waals surface area contributed by atoms with Crippen LogP contribution in [0.25, 0.3) is 0 Å². The van der Waals surface area contributed by atoms with Crippen LogP contribution in [-0.2, 0) is 11.3 Å². The van der Waals surface area contributed by atoms with E-state index < -0.39 is 0 Å². The van der Waals surface area contributed by atoms with Crippen LogP contribution in [0.3, 0.4) is 0 Å². The summed E-state index contributed by atoms with van der Waals surface area (Å²) < 4.78 is 19.5. The maximum absolute atomic E-state index is 14.0. The highest BCUT2D eigenvalue weighted by molar-refractivity contribution is 6.31. The molecule has 4 rings (SSSR count). The number of aryl methyl sites for hydroxylation is 1. The van der Waals surface area contributed by atoms with E-state index in [0.717, 1.165) is 5.76 Å². The number of hydrogen-bond acceptors (Lipinski definition) is 5. The molecule has 2 aromatic rings. The van der Waals surface area contributed by atoms with Gasteiger partial charge in [0.1, 0.15) is 11.6 Å². The summed E-state index contributed by atoms with van der Waals surface area (Å²) in [6.07, 6.45) is 0. The van der Waals surface area contributed by atoms with Crippen LogP contribution < -0.4 is 0 Å². The third-order valence-electron chi connectivity index (χ3n) is 6.14. The number of benzene rings is 1. The van der Waals surface area contributed by atoms with Gasteiger partial charge in [-0.15, -0.1) is 0 Å². The first-order chi connectivity index (χ1) is 15.4. The van der Waals surface area contributed by atoms with Crippen molar-refractivity contribution < 1.29 is 18.4 Å². The van der Waals surface area contributed by atoms with Crippen molar-refractivity contribution in [2.75, 3.05) is 58.9 Å². The van der Waals surface area contributed by atoms with E-state index >= 15 is 0 Å². The fourth-order valence-corrected chi connectivity index (χ4v) is 4.39. The summed E-state index contributed by atoms with van der Waals surface area (Å²) in [6.45, 7) is 7.65. The van der Waals surface area contributed by atoms with Crippen LogP contribution in [0.2, 0.25) is 5.02 Å². The van der Waals surface area contributed by atoms with Crippen molar-refractivity contribution in [2.24, 2.45) is 0 Å². The number of carbonyl (C=O) groups excluding carboxylic acids is 2. The van der Waals surface area contributed by atoms with Crippen LogP contribution in [0.15, 0.2) is 34.7 Å². The third kappa shape index (κ3) is 5.31. The second kappa shape index (κ2) is 10.0. The van der Waals surface area contributed by atoms with E-state index in [1.54, 1.807) is 29.2 Å². The zero-order chi connectivity index (χ0) is 22.7. The normalized spacial score (nSPS) is 18.2. The van der Waals surface area contributed by atoms with Crippen molar-refractivity contribution in [1.29, 1.82) is 0 Å². The van der Waals surface area contributed by atoms with E-state index in [-0.39, 0.29) is 17.6 Å². The van der Waals surface area contributed by atoms with Crippen molar-refractivity contribution >= 4 is 23.4 Å². The van der Waals surface area contributed by atoms with E-state index in [1.165, 1.54) is 6.07 Å². The average Bonchev–Trinajstić information content (AvgIpc) is 3.23. The summed E-state index contributed by atoms with van der Waals surface area (Å²) in [5, 5.41) is 0.434. The van der Waals surface area contributed by atoms with E-state index in [2.05, 4.69) is 9.80 Å². The third-order valence-corrected chi connectivity index (χ3v) is 6.49. The first-order valence-electron chi connectivity index (χ1n) is 10.9. The molecule has 2 amide bonds. The molecule has 3 heterocycles. The van der Waals surface area contributed by atoms with Crippen LogP contribution >= 0.6 is 11.6 Å². The quantitative estimate of drug-likeness (QED) is 0.683. The van der Waals surface area contributed by atoms with Crippen LogP contribution in [0, 0.1) is 12.7 Å². The van der Waals surface area contributed by atoms with E-state index in [9.17, 15) is 14.0 Å². The Labute approximate surface area is 192 Å². The molecule has 0 bridgehead atoms. The van der Waals surface area contributed by atoms with Gasteiger partial charge in [-0.25, -0.2) is 4.39 Å². The Kier molecular flexibility index (Phi) is 7.13. The number of rotatable bonds is 5. The van der Waals surface area contributed by atoms with Gasteiger partial charge in [0, 0.05) is 69.5 Å². The minimum Gasteiger partial charge on any atom is -0.456 e. The summed E-state index contributed by atoms with van der Waals surface area (Å²) >= 11 is 6.14. The van der Waals surface area contributed by atoms with Gasteiger partial charge in [0.15, 0.2) is 5.76 Å². The lowest BCUT2D eigenvalue weighted by molar-refractivity contribution is -0.134. The van der Waals surface area contributed by atoms with Gasteiger partial charge < -0.3 is 14.2 Å². The number of amides is 2. The molecule has 0 saturated carbocycles. The molecule has 0 spiro atoms. The van der Waals surface area contributed by atoms with E-state index in [0.29, 0.717) is 81.8 Å². The van der Waals surface area contributed by atoms with Crippen molar-refractivity contribution in [3.8, 4) is 0 Å². The number of hydrogen-bond donors (Lipinski definition) is 0. The van der Waals surface area contributed by atoms with E-state index in [1.807, 2.05) is 11.8 Å². The zero-order valence-corrected chi connectivity index (χ0v) is 19.0. The second-order valence-electron chi connectivity index (χ2n) is 8.34. The molecule has 1 aromatic heterocycles. The van der Waals surface area contributed by atoms with E-state index in [4.69, 9.17) is 16.0 Å². The SMILES string of the molecule is Cc1ccc(C(=O)N2CCN(CC(=O)N3CCN(Cc4c(F)cccc4Cl)CC3)CC2)o1. The Hall–Kier alpha value is -2.42. The van der Waals surface area contributed by atoms with Crippen LogP contribution in [0.5, 0.6) is 0 Å². The van der Waals surface area contributed by atoms with Gasteiger partial charge >= 0.3 is 0 Å². The number of furan rings is 1. The Bertz CT molecular complexity index is 946. The van der Waals surface area contributed by atoms with Crippen molar-refractivity contribution in [3.05, 3.63) is 58.3 Å². The van der Waals surface area contributed by atoms with Gasteiger partial charge in [-0.3, -0.25) is 19.4 Å². The molecule has 1 aromatic carbocycles. The molecule has 0 atom stereocenters. The van der Waals surface area contributed by atoms with Gasteiger partial charge in [0.25, 0.3) is 5.91 Å². The highest BCUT2D eigenvalue weighted by atomic mass is 35.5. The molecular formula is C23H28ClFN4O3. The van der Waals surface area contributed by atoms with Gasteiger partial charge in [0.05, 0.1) is 6.54 Å². The number of halogens is 2. The Morgan fingerprint density at radius 2 is 1.59 bits per heavy atom. The topological polar surface area (TPSA) is 60.2 Å². The molecule has 0 aliphatic carbocycles. The summed E-state index contributed by atoms with van der Waals surface area (Å²) in [4.78, 5) is 33.1. The fraction of sp³-hybridized carbons (Fsp3) is 0.478. The highest BCUT2D eigenvalue weighted by Gasteiger charge is 2.27. The Morgan fingerprint density at radius 1 is 0.938 bits per heavy atom. The first-order valence-corrected chi connectivity index (χ1v) is 11.3. The fourth-order valence-electron chi connectivity index (χ4n) is 4.17. The van der Waals surface area contributed by atoms with Crippen molar-refractivity contribution in [2.45, 2.75) is 13.5 Å². The van der Waals surface area contributed by atoms with Crippen LogP contribution in [0.1, 0.15) is 21.9 Å². The molecule has 2 aliphatic heterocycles. The Morgan fingerprint density at radius 3 is 2.22 bits per heavy atom. The van der Waals surface area contributed by atoms with Gasteiger partial charge in [0.2, 0.25) is 5.91 Å².